The molecule has 3 rings (SSSR count). The fourth-order valence-corrected chi connectivity index (χ4v) is 1.69. The van der Waals surface area contributed by atoms with Gasteiger partial charge in [-0.05, 0) is 24.3 Å². The highest BCUT2D eigenvalue weighted by atomic mass is 15.0. The van der Waals surface area contributed by atoms with Crippen LogP contribution in [0.2, 0.25) is 0 Å². The van der Waals surface area contributed by atoms with Crippen LogP contribution in [0, 0.1) is 11.3 Å². The Morgan fingerprint density at radius 3 is 2.63 bits per heavy atom. The summed E-state index contributed by atoms with van der Waals surface area (Å²) in [5, 5.41) is 12.0. The van der Waals surface area contributed by atoms with Crippen LogP contribution in [-0.2, 0) is 0 Å². The molecule has 0 spiro atoms. The monoisotopic (exact) mass is 247 g/mol. The standard InChI is InChI=1S/C14H9N5/c15-8-11-9-16-12-6-7-13(19-14(12)18-11)17-10-4-2-1-3-5-10/h1-7,9H,(H,17,18,19). The average Bonchev–Trinajstić information content (AvgIpc) is 2.47. The van der Waals surface area contributed by atoms with E-state index < -0.39 is 0 Å². The van der Waals surface area contributed by atoms with E-state index in [1.54, 1.807) is 0 Å². The fraction of sp³-hybridized carbons (Fsp3) is 0. The largest absolute Gasteiger partial charge is 0.340 e. The maximum Gasteiger partial charge on any atom is 0.181 e. The molecular weight excluding hydrogens is 238 g/mol. The molecule has 2 heterocycles. The van der Waals surface area contributed by atoms with Crippen molar-refractivity contribution in [3.8, 4) is 6.07 Å². The topological polar surface area (TPSA) is 74.5 Å². The summed E-state index contributed by atoms with van der Waals surface area (Å²) in [6.45, 7) is 0. The van der Waals surface area contributed by atoms with Crippen LogP contribution < -0.4 is 5.32 Å². The SMILES string of the molecule is N#Cc1cnc2ccc(Nc3ccccc3)nc2n1. The maximum atomic E-state index is 8.81. The molecular formula is C14H9N5. The molecule has 5 heteroatoms. The molecule has 0 saturated carbocycles. The number of benzene rings is 1. The molecule has 19 heavy (non-hydrogen) atoms. The lowest BCUT2D eigenvalue weighted by Gasteiger charge is -2.05. The van der Waals surface area contributed by atoms with Gasteiger partial charge in [0.25, 0.3) is 0 Å². The fourth-order valence-electron chi connectivity index (χ4n) is 1.69. The average molecular weight is 247 g/mol. The smallest absolute Gasteiger partial charge is 0.181 e. The minimum Gasteiger partial charge on any atom is -0.340 e. The Balaban J connectivity index is 1.99. The van der Waals surface area contributed by atoms with Crippen molar-refractivity contribution in [3.05, 3.63) is 54.4 Å². The number of aromatic nitrogens is 3. The Labute approximate surface area is 109 Å². The molecule has 90 valence electrons. The van der Waals surface area contributed by atoms with E-state index >= 15 is 0 Å². The van der Waals surface area contributed by atoms with Crippen LogP contribution in [0.1, 0.15) is 5.69 Å². The van der Waals surface area contributed by atoms with Crippen molar-refractivity contribution >= 4 is 22.7 Å². The van der Waals surface area contributed by atoms with Crippen LogP contribution in [-0.4, -0.2) is 15.0 Å². The first-order valence-corrected chi connectivity index (χ1v) is 5.71. The minimum atomic E-state index is 0.261. The Hall–Kier alpha value is -3.00. The van der Waals surface area contributed by atoms with Crippen molar-refractivity contribution in [3.63, 3.8) is 0 Å². The molecule has 0 amide bonds. The third kappa shape index (κ3) is 2.33. The Bertz CT molecular complexity index is 762. The first kappa shape index (κ1) is 11.1. The van der Waals surface area contributed by atoms with E-state index in [-0.39, 0.29) is 5.69 Å². The van der Waals surface area contributed by atoms with Gasteiger partial charge in [-0.3, -0.25) is 0 Å². The number of nitrogens with zero attached hydrogens (tertiary/aromatic N) is 4. The molecule has 0 aliphatic rings. The summed E-state index contributed by atoms with van der Waals surface area (Å²) in [5.41, 5.74) is 2.33. The first-order chi connectivity index (χ1) is 9.35. The molecule has 0 bridgehead atoms. The van der Waals surface area contributed by atoms with Gasteiger partial charge in [0.05, 0.1) is 6.20 Å². The van der Waals surface area contributed by atoms with Crippen LogP contribution in [0.15, 0.2) is 48.7 Å². The van der Waals surface area contributed by atoms with Gasteiger partial charge in [-0.15, -0.1) is 0 Å². The molecule has 0 aliphatic heterocycles. The van der Waals surface area contributed by atoms with Gasteiger partial charge in [-0.25, -0.2) is 15.0 Å². The Kier molecular flexibility index (Phi) is 2.75. The summed E-state index contributed by atoms with van der Waals surface area (Å²) in [4.78, 5) is 12.6. The van der Waals surface area contributed by atoms with Crippen molar-refractivity contribution in [2.24, 2.45) is 0 Å². The highest BCUT2D eigenvalue weighted by Gasteiger charge is 2.02. The second-order valence-corrected chi connectivity index (χ2v) is 3.90. The van der Waals surface area contributed by atoms with E-state index in [4.69, 9.17) is 5.26 Å². The molecule has 2 aromatic heterocycles. The van der Waals surface area contributed by atoms with Gasteiger partial charge in [-0.2, -0.15) is 5.26 Å². The number of hydrogen-bond acceptors (Lipinski definition) is 5. The lowest BCUT2D eigenvalue weighted by molar-refractivity contribution is 1.19. The number of pyridine rings is 1. The lowest BCUT2D eigenvalue weighted by atomic mass is 10.3. The molecule has 0 fully saturated rings. The van der Waals surface area contributed by atoms with Gasteiger partial charge in [0, 0.05) is 5.69 Å². The molecule has 5 nitrogen and oxygen atoms in total. The molecule has 0 saturated heterocycles. The maximum absolute atomic E-state index is 8.81. The second kappa shape index (κ2) is 4.70. The Morgan fingerprint density at radius 2 is 1.84 bits per heavy atom. The van der Waals surface area contributed by atoms with Gasteiger partial charge < -0.3 is 5.32 Å². The zero-order chi connectivity index (χ0) is 13.1. The van der Waals surface area contributed by atoms with Crippen LogP contribution in [0.5, 0.6) is 0 Å². The number of fused-ring (bicyclic) bond motifs is 1. The van der Waals surface area contributed by atoms with Gasteiger partial charge in [0.2, 0.25) is 0 Å². The van der Waals surface area contributed by atoms with Crippen LogP contribution in [0.25, 0.3) is 11.2 Å². The Morgan fingerprint density at radius 1 is 1.00 bits per heavy atom. The predicted molar refractivity (Wildman–Crippen MR) is 71.8 cm³/mol. The van der Waals surface area contributed by atoms with E-state index in [1.165, 1.54) is 6.20 Å². The molecule has 0 unspecified atom stereocenters. The van der Waals surface area contributed by atoms with Crippen LogP contribution >= 0.6 is 0 Å². The summed E-state index contributed by atoms with van der Waals surface area (Å²) >= 11 is 0. The van der Waals surface area contributed by atoms with Gasteiger partial charge in [0.15, 0.2) is 11.3 Å². The molecule has 0 atom stereocenters. The van der Waals surface area contributed by atoms with Crippen molar-refractivity contribution in [2.75, 3.05) is 5.32 Å². The number of nitriles is 1. The zero-order valence-electron chi connectivity index (χ0n) is 9.91. The minimum absolute atomic E-state index is 0.261. The van der Waals surface area contributed by atoms with Gasteiger partial charge in [-0.1, -0.05) is 18.2 Å². The second-order valence-electron chi connectivity index (χ2n) is 3.90. The van der Waals surface area contributed by atoms with E-state index in [1.807, 2.05) is 48.5 Å². The van der Waals surface area contributed by atoms with E-state index in [0.29, 0.717) is 17.0 Å². The van der Waals surface area contributed by atoms with E-state index in [0.717, 1.165) is 5.69 Å². The quantitative estimate of drug-likeness (QED) is 0.753. The zero-order valence-corrected chi connectivity index (χ0v) is 9.91. The number of nitrogens with one attached hydrogen (secondary N) is 1. The van der Waals surface area contributed by atoms with Gasteiger partial charge in [0.1, 0.15) is 17.4 Å². The number of rotatable bonds is 2. The molecule has 0 radical (unpaired) electrons. The summed E-state index contributed by atoms with van der Waals surface area (Å²) in [6.07, 6.45) is 1.44. The van der Waals surface area contributed by atoms with Crippen molar-refractivity contribution in [1.82, 2.24) is 15.0 Å². The molecule has 1 N–H and O–H groups in total. The lowest BCUT2D eigenvalue weighted by Crippen LogP contribution is -1.96. The van der Waals surface area contributed by atoms with Gasteiger partial charge >= 0.3 is 0 Å². The third-order valence-corrected chi connectivity index (χ3v) is 2.57. The predicted octanol–water partition coefficient (Wildman–Crippen LogP) is 2.64. The van der Waals surface area contributed by atoms with Crippen molar-refractivity contribution < 1.29 is 0 Å². The molecule has 1 aromatic carbocycles. The molecule has 3 aromatic rings. The van der Waals surface area contributed by atoms with Crippen molar-refractivity contribution in [2.45, 2.75) is 0 Å². The number of hydrogen-bond donors (Lipinski definition) is 1. The summed E-state index contributed by atoms with van der Waals surface area (Å²) in [7, 11) is 0. The number of anilines is 2. The normalized spacial score (nSPS) is 10.1. The number of para-hydroxylation sites is 1. The first-order valence-electron chi connectivity index (χ1n) is 5.71. The summed E-state index contributed by atoms with van der Waals surface area (Å²) in [6, 6.07) is 15.3. The highest BCUT2D eigenvalue weighted by Crippen LogP contribution is 2.16. The van der Waals surface area contributed by atoms with Crippen LogP contribution in [0.4, 0.5) is 11.5 Å². The summed E-state index contributed by atoms with van der Waals surface area (Å²) < 4.78 is 0. The molecule has 0 aliphatic carbocycles. The van der Waals surface area contributed by atoms with Crippen molar-refractivity contribution in [1.29, 1.82) is 5.26 Å². The summed E-state index contributed by atoms with van der Waals surface area (Å²) in [5.74, 6) is 0.670. The third-order valence-electron chi connectivity index (χ3n) is 2.57. The highest BCUT2D eigenvalue weighted by molar-refractivity contribution is 5.73. The van der Waals surface area contributed by atoms with Crippen LogP contribution in [0.3, 0.4) is 0 Å². The van der Waals surface area contributed by atoms with E-state index in [9.17, 15) is 0 Å². The van der Waals surface area contributed by atoms with E-state index in [2.05, 4.69) is 20.3 Å².